The van der Waals surface area contributed by atoms with Gasteiger partial charge in [-0.1, -0.05) is 48.5 Å². The fourth-order valence-corrected chi connectivity index (χ4v) is 2.58. The van der Waals surface area contributed by atoms with Crippen molar-refractivity contribution < 1.29 is 19.2 Å². The third kappa shape index (κ3) is 4.59. The molecular formula is C21H16N2O5. The molecule has 3 aromatic carbocycles. The lowest BCUT2D eigenvalue weighted by molar-refractivity contribution is -0.384. The van der Waals surface area contributed by atoms with Gasteiger partial charge < -0.3 is 10.1 Å². The van der Waals surface area contributed by atoms with Crippen LogP contribution in [0.2, 0.25) is 0 Å². The number of nitro benzene ring substituents is 1. The Morgan fingerprint density at radius 3 is 2.21 bits per heavy atom. The van der Waals surface area contributed by atoms with E-state index >= 15 is 0 Å². The molecule has 7 heteroatoms. The summed E-state index contributed by atoms with van der Waals surface area (Å²) in [4.78, 5) is 34.3. The SMILES string of the molecule is O=C(COC(=O)c1ccc([N+](=O)[O-])cc1)Nc1ccccc1-c1ccccc1. The van der Waals surface area contributed by atoms with Crippen LogP contribution in [-0.4, -0.2) is 23.4 Å². The van der Waals surface area contributed by atoms with Crippen LogP contribution in [0.5, 0.6) is 0 Å². The van der Waals surface area contributed by atoms with Crippen LogP contribution >= 0.6 is 0 Å². The fraction of sp³-hybridized carbons (Fsp3) is 0.0476. The van der Waals surface area contributed by atoms with Crippen LogP contribution in [-0.2, 0) is 9.53 Å². The average Bonchev–Trinajstić information content (AvgIpc) is 2.73. The van der Waals surface area contributed by atoms with Crippen molar-refractivity contribution >= 4 is 23.3 Å². The van der Waals surface area contributed by atoms with E-state index in [9.17, 15) is 19.7 Å². The normalized spacial score (nSPS) is 10.1. The van der Waals surface area contributed by atoms with E-state index in [0.717, 1.165) is 11.1 Å². The summed E-state index contributed by atoms with van der Waals surface area (Å²) < 4.78 is 4.99. The number of rotatable bonds is 6. The van der Waals surface area contributed by atoms with Gasteiger partial charge in [0.1, 0.15) is 0 Å². The summed E-state index contributed by atoms with van der Waals surface area (Å²) in [6.07, 6.45) is 0. The van der Waals surface area contributed by atoms with E-state index in [1.807, 2.05) is 42.5 Å². The van der Waals surface area contributed by atoms with Crippen LogP contribution in [0.15, 0.2) is 78.9 Å². The quantitative estimate of drug-likeness (QED) is 0.397. The monoisotopic (exact) mass is 376 g/mol. The van der Waals surface area contributed by atoms with E-state index in [1.54, 1.807) is 12.1 Å². The molecule has 0 fully saturated rings. The Hall–Kier alpha value is -4.00. The molecule has 1 amide bonds. The topological polar surface area (TPSA) is 98.5 Å². The Kier molecular flexibility index (Phi) is 5.76. The molecule has 0 bridgehead atoms. The van der Waals surface area contributed by atoms with E-state index < -0.39 is 23.4 Å². The van der Waals surface area contributed by atoms with E-state index in [0.29, 0.717) is 5.69 Å². The van der Waals surface area contributed by atoms with Crippen LogP contribution in [0.4, 0.5) is 11.4 Å². The van der Waals surface area contributed by atoms with E-state index in [2.05, 4.69) is 5.32 Å². The molecule has 0 atom stereocenters. The van der Waals surface area contributed by atoms with Crippen molar-refractivity contribution in [2.75, 3.05) is 11.9 Å². The number of benzene rings is 3. The summed E-state index contributed by atoms with van der Waals surface area (Å²) in [5.41, 5.74) is 2.39. The Morgan fingerprint density at radius 2 is 1.54 bits per heavy atom. The van der Waals surface area contributed by atoms with Crippen LogP contribution in [0, 0.1) is 10.1 Å². The maximum Gasteiger partial charge on any atom is 0.338 e. The molecule has 1 N–H and O–H groups in total. The Labute approximate surface area is 160 Å². The second-order valence-corrected chi connectivity index (χ2v) is 5.84. The number of anilines is 1. The molecule has 0 saturated heterocycles. The lowest BCUT2D eigenvalue weighted by atomic mass is 10.0. The molecule has 0 spiro atoms. The number of nitro groups is 1. The number of ether oxygens (including phenoxy) is 1. The Morgan fingerprint density at radius 1 is 0.893 bits per heavy atom. The molecule has 0 aliphatic rings. The van der Waals surface area contributed by atoms with Gasteiger partial charge in [0, 0.05) is 23.4 Å². The van der Waals surface area contributed by atoms with Gasteiger partial charge in [-0.25, -0.2) is 4.79 Å². The number of hydrogen-bond donors (Lipinski definition) is 1. The molecule has 28 heavy (non-hydrogen) atoms. The second-order valence-electron chi connectivity index (χ2n) is 5.84. The standard InChI is InChI=1S/C21H16N2O5/c24-20(14-28-21(25)16-10-12-17(13-11-16)23(26)27)22-19-9-5-4-8-18(19)15-6-2-1-3-7-15/h1-13H,14H2,(H,22,24). The number of amides is 1. The van der Waals surface area contributed by atoms with Crippen LogP contribution in [0.1, 0.15) is 10.4 Å². The summed E-state index contributed by atoms with van der Waals surface area (Å²) in [6, 6.07) is 21.8. The zero-order valence-corrected chi connectivity index (χ0v) is 14.7. The number of hydrogen-bond acceptors (Lipinski definition) is 5. The fourth-order valence-electron chi connectivity index (χ4n) is 2.58. The third-order valence-corrected chi connectivity index (χ3v) is 3.93. The largest absolute Gasteiger partial charge is 0.452 e. The minimum absolute atomic E-state index is 0.128. The summed E-state index contributed by atoms with van der Waals surface area (Å²) in [6.45, 7) is -0.473. The lowest BCUT2D eigenvalue weighted by Gasteiger charge is -2.11. The van der Waals surface area contributed by atoms with Gasteiger partial charge in [-0.3, -0.25) is 14.9 Å². The molecule has 0 heterocycles. The van der Waals surface area contributed by atoms with Gasteiger partial charge in [0.2, 0.25) is 0 Å². The first kappa shape index (κ1) is 18.8. The van der Waals surface area contributed by atoms with Gasteiger partial charge in [-0.15, -0.1) is 0 Å². The number of nitrogens with zero attached hydrogens (tertiary/aromatic N) is 1. The van der Waals surface area contributed by atoms with Crippen molar-refractivity contribution in [3.63, 3.8) is 0 Å². The van der Waals surface area contributed by atoms with Crippen molar-refractivity contribution in [3.05, 3.63) is 94.5 Å². The molecule has 7 nitrogen and oxygen atoms in total. The zero-order chi connectivity index (χ0) is 19.9. The molecule has 0 radical (unpaired) electrons. The van der Waals surface area contributed by atoms with Gasteiger partial charge in [-0.05, 0) is 23.8 Å². The highest BCUT2D eigenvalue weighted by atomic mass is 16.6. The van der Waals surface area contributed by atoms with Crippen molar-refractivity contribution in [1.29, 1.82) is 0 Å². The van der Waals surface area contributed by atoms with Gasteiger partial charge >= 0.3 is 5.97 Å². The number of carbonyl (C=O) groups is 2. The summed E-state index contributed by atoms with van der Waals surface area (Å²) in [7, 11) is 0. The Balaban J connectivity index is 1.62. The minimum Gasteiger partial charge on any atom is -0.452 e. The molecular weight excluding hydrogens is 360 g/mol. The first-order valence-electron chi connectivity index (χ1n) is 8.40. The summed E-state index contributed by atoms with van der Waals surface area (Å²) in [5, 5.41) is 13.4. The number of esters is 1. The number of nitrogens with one attached hydrogen (secondary N) is 1. The second kappa shape index (κ2) is 8.59. The average molecular weight is 376 g/mol. The third-order valence-electron chi connectivity index (χ3n) is 3.93. The first-order valence-corrected chi connectivity index (χ1v) is 8.40. The predicted molar refractivity (Wildman–Crippen MR) is 104 cm³/mol. The van der Waals surface area contributed by atoms with Crippen LogP contribution in [0.25, 0.3) is 11.1 Å². The molecule has 0 aromatic heterocycles. The minimum atomic E-state index is -0.735. The van der Waals surface area contributed by atoms with Crippen molar-refractivity contribution in [3.8, 4) is 11.1 Å². The highest BCUT2D eigenvalue weighted by Gasteiger charge is 2.13. The van der Waals surface area contributed by atoms with Crippen molar-refractivity contribution in [1.82, 2.24) is 0 Å². The molecule has 0 saturated carbocycles. The molecule has 0 aliphatic heterocycles. The van der Waals surface area contributed by atoms with Gasteiger partial charge in [0.25, 0.3) is 11.6 Å². The van der Waals surface area contributed by atoms with E-state index in [4.69, 9.17) is 4.74 Å². The van der Waals surface area contributed by atoms with Gasteiger partial charge in [0.15, 0.2) is 6.61 Å². The summed E-state index contributed by atoms with van der Waals surface area (Å²) >= 11 is 0. The van der Waals surface area contributed by atoms with E-state index in [1.165, 1.54) is 24.3 Å². The van der Waals surface area contributed by atoms with Crippen LogP contribution < -0.4 is 5.32 Å². The number of non-ortho nitro benzene ring substituents is 1. The maximum absolute atomic E-state index is 12.2. The Bertz CT molecular complexity index is 1000. The van der Waals surface area contributed by atoms with Gasteiger partial charge in [-0.2, -0.15) is 0 Å². The molecule has 140 valence electrons. The molecule has 0 aliphatic carbocycles. The van der Waals surface area contributed by atoms with Crippen LogP contribution in [0.3, 0.4) is 0 Å². The maximum atomic E-state index is 12.2. The zero-order valence-electron chi connectivity index (χ0n) is 14.7. The number of para-hydroxylation sites is 1. The highest BCUT2D eigenvalue weighted by Crippen LogP contribution is 2.27. The van der Waals surface area contributed by atoms with Gasteiger partial charge in [0.05, 0.1) is 10.5 Å². The smallest absolute Gasteiger partial charge is 0.338 e. The van der Waals surface area contributed by atoms with Crippen molar-refractivity contribution in [2.45, 2.75) is 0 Å². The summed E-state index contributed by atoms with van der Waals surface area (Å²) in [5.74, 6) is -1.22. The molecule has 3 rings (SSSR count). The highest BCUT2D eigenvalue weighted by molar-refractivity contribution is 5.98. The molecule has 3 aromatic rings. The number of carbonyl (C=O) groups excluding carboxylic acids is 2. The first-order chi connectivity index (χ1) is 13.5. The lowest BCUT2D eigenvalue weighted by Crippen LogP contribution is -2.21. The predicted octanol–water partition coefficient (Wildman–Crippen LogP) is 4.06. The van der Waals surface area contributed by atoms with E-state index in [-0.39, 0.29) is 11.3 Å². The molecule has 0 unspecified atom stereocenters. The van der Waals surface area contributed by atoms with Crippen molar-refractivity contribution in [2.24, 2.45) is 0 Å².